The van der Waals surface area contributed by atoms with Gasteiger partial charge in [-0.2, -0.15) is 0 Å². The van der Waals surface area contributed by atoms with Crippen LogP contribution in [0.15, 0.2) is 70.9 Å². The highest BCUT2D eigenvalue weighted by Crippen LogP contribution is 2.34. The summed E-state index contributed by atoms with van der Waals surface area (Å²) in [4.78, 5) is 16.4. The van der Waals surface area contributed by atoms with Gasteiger partial charge in [0, 0.05) is 23.6 Å². The summed E-state index contributed by atoms with van der Waals surface area (Å²) in [5.74, 6) is -0.127. The summed E-state index contributed by atoms with van der Waals surface area (Å²) in [7, 11) is 0. The lowest BCUT2D eigenvalue weighted by Crippen LogP contribution is -2.19. The maximum Gasteiger partial charge on any atom is 0.167 e. The maximum atomic E-state index is 12.1. The van der Waals surface area contributed by atoms with E-state index in [-0.39, 0.29) is 17.5 Å². The van der Waals surface area contributed by atoms with Gasteiger partial charge in [-0.25, -0.2) is 0 Å². The fourth-order valence-electron chi connectivity index (χ4n) is 2.69. The van der Waals surface area contributed by atoms with Crippen LogP contribution in [0.1, 0.15) is 24.3 Å². The first-order chi connectivity index (χ1) is 11.1. The quantitative estimate of drug-likeness (QED) is 0.807. The molecule has 0 amide bonds. The molecular weight excluding hydrogens is 310 g/mol. The largest absolute Gasteiger partial charge is 0.511 e. The van der Waals surface area contributed by atoms with Crippen molar-refractivity contribution in [3.8, 4) is 0 Å². The molecule has 0 bridgehead atoms. The first-order valence-corrected chi connectivity index (χ1v) is 7.84. The molecule has 1 atom stereocenters. The van der Waals surface area contributed by atoms with E-state index >= 15 is 0 Å². The van der Waals surface area contributed by atoms with Gasteiger partial charge in [0.25, 0.3) is 0 Å². The number of carbonyl (C=O) groups is 1. The van der Waals surface area contributed by atoms with E-state index in [1.807, 2.05) is 30.3 Å². The standard InChI is InChI=1S/C19H16ClNO2/c20-14-6-8-15(9-7-14)21-12-17-18(22)11-10-16(19(17)23)13-4-2-1-3-5-13/h1-9,12,16,23H,10-11H2/t16-/m0/s1. The molecular formula is C19H16ClNO2. The number of carbonyl (C=O) groups excluding carboxylic acids is 1. The van der Waals surface area contributed by atoms with Crippen LogP contribution in [0.3, 0.4) is 0 Å². The molecule has 2 aromatic carbocycles. The summed E-state index contributed by atoms with van der Waals surface area (Å²) in [5, 5.41) is 11.1. The predicted molar refractivity (Wildman–Crippen MR) is 92.7 cm³/mol. The van der Waals surface area contributed by atoms with Crippen LogP contribution in [-0.2, 0) is 4.79 Å². The van der Waals surface area contributed by atoms with Gasteiger partial charge in [-0.05, 0) is 36.2 Å². The molecule has 0 radical (unpaired) electrons. The summed E-state index contributed by atoms with van der Waals surface area (Å²) in [5.41, 5.74) is 1.99. The first kappa shape index (κ1) is 15.5. The molecule has 2 aromatic rings. The van der Waals surface area contributed by atoms with Crippen molar-refractivity contribution in [1.29, 1.82) is 0 Å². The van der Waals surface area contributed by atoms with E-state index in [0.29, 0.717) is 29.1 Å². The minimum Gasteiger partial charge on any atom is -0.511 e. The molecule has 0 spiro atoms. The van der Waals surface area contributed by atoms with E-state index in [2.05, 4.69) is 4.99 Å². The number of ketones is 1. The Morgan fingerprint density at radius 3 is 2.48 bits per heavy atom. The number of hydrogen-bond donors (Lipinski definition) is 1. The second-order valence-electron chi connectivity index (χ2n) is 5.46. The number of Topliss-reactive ketones (excluding diaryl/α,β-unsaturated/α-hetero) is 1. The third-order valence-corrected chi connectivity index (χ3v) is 4.19. The van der Waals surface area contributed by atoms with E-state index in [0.717, 1.165) is 5.56 Å². The number of benzene rings is 2. The lowest BCUT2D eigenvalue weighted by molar-refractivity contribution is -0.115. The molecule has 0 fully saturated rings. The van der Waals surface area contributed by atoms with Gasteiger partial charge in [-0.15, -0.1) is 0 Å². The van der Waals surface area contributed by atoms with Crippen LogP contribution in [0.5, 0.6) is 0 Å². The second-order valence-corrected chi connectivity index (χ2v) is 5.90. The van der Waals surface area contributed by atoms with Crippen molar-refractivity contribution in [2.24, 2.45) is 4.99 Å². The van der Waals surface area contributed by atoms with Crippen LogP contribution in [-0.4, -0.2) is 17.1 Å². The summed E-state index contributed by atoms with van der Waals surface area (Å²) >= 11 is 5.84. The van der Waals surface area contributed by atoms with Crippen LogP contribution >= 0.6 is 11.6 Å². The Balaban J connectivity index is 1.91. The average Bonchev–Trinajstić information content (AvgIpc) is 2.57. The van der Waals surface area contributed by atoms with Gasteiger partial charge in [0.2, 0.25) is 0 Å². The summed E-state index contributed by atoms with van der Waals surface area (Å²) < 4.78 is 0. The summed E-state index contributed by atoms with van der Waals surface area (Å²) in [6.07, 6.45) is 2.48. The Morgan fingerprint density at radius 2 is 1.78 bits per heavy atom. The minimum atomic E-state index is -0.152. The molecule has 0 aromatic heterocycles. The van der Waals surface area contributed by atoms with Gasteiger partial charge in [0.15, 0.2) is 5.78 Å². The molecule has 1 aliphatic carbocycles. The second kappa shape index (κ2) is 6.80. The molecule has 3 nitrogen and oxygen atoms in total. The number of nitrogens with zero attached hydrogens (tertiary/aromatic N) is 1. The van der Waals surface area contributed by atoms with E-state index in [1.165, 1.54) is 6.21 Å². The van der Waals surface area contributed by atoms with Crippen LogP contribution in [0, 0.1) is 0 Å². The number of hydrogen-bond acceptors (Lipinski definition) is 3. The first-order valence-electron chi connectivity index (χ1n) is 7.46. The van der Waals surface area contributed by atoms with Gasteiger partial charge in [0.1, 0.15) is 5.76 Å². The highest BCUT2D eigenvalue weighted by molar-refractivity contribution is 6.30. The minimum absolute atomic E-state index is 0.0765. The topological polar surface area (TPSA) is 49.7 Å². The monoisotopic (exact) mass is 325 g/mol. The number of rotatable bonds is 3. The Hall–Kier alpha value is -2.39. The van der Waals surface area contributed by atoms with Crippen molar-refractivity contribution in [2.75, 3.05) is 0 Å². The van der Waals surface area contributed by atoms with Crippen molar-refractivity contribution in [1.82, 2.24) is 0 Å². The molecule has 3 rings (SSSR count). The molecule has 1 N–H and O–H groups in total. The van der Waals surface area contributed by atoms with E-state index in [4.69, 9.17) is 11.6 Å². The van der Waals surface area contributed by atoms with Crippen molar-refractivity contribution in [3.63, 3.8) is 0 Å². The lowest BCUT2D eigenvalue weighted by Gasteiger charge is -2.22. The number of aliphatic hydroxyl groups excluding tert-OH is 1. The SMILES string of the molecule is O=C1CC[C@@H](c2ccccc2)C(O)=C1C=Nc1ccc(Cl)cc1. The van der Waals surface area contributed by atoms with Crippen molar-refractivity contribution in [3.05, 3.63) is 76.5 Å². The number of allylic oxidation sites excluding steroid dienone is 2. The number of aliphatic imine (C=N–C) groups is 1. The van der Waals surface area contributed by atoms with E-state index in [1.54, 1.807) is 24.3 Å². The molecule has 0 heterocycles. The normalized spacial score (nSPS) is 18.7. The Kier molecular flexibility index (Phi) is 4.58. The zero-order chi connectivity index (χ0) is 16.2. The number of halogens is 1. The Labute approximate surface area is 140 Å². The molecule has 1 aliphatic rings. The molecule has 0 saturated carbocycles. The molecule has 116 valence electrons. The zero-order valence-corrected chi connectivity index (χ0v) is 13.2. The highest BCUT2D eigenvalue weighted by Gasteiger charge is 2.28. The van der Waals surface area contributed by atoms with Crippen molar-refractivity contribution < 1.29 is 9.90 Å². The molecule has 0 aliphatic heterocycles. The summed E-state index contributed by atoms with van der Waals surface area (Å²) in [6.45, 7) is 0. The van der Waals surface area contributed by atoms with Gasteiger partial charge >= 0.3 is 0 Å². The van der Waals surface area contributed by atoms with Crippen molar-refractivity contribution in [2.45, 2.75) is 18.8 Å². The van der Waals surface area contributed by atoms with E-state index < -0.39 is 0 Å². The van der Waals surface area contributed by atoms with Gasteiger partial charge in [-0.3, -0.25) is 9.79 Å². The van der Waals surface area contributed by atoms with Crippen LogP contribution < -0.4 is 0 Å². The third-order valence-electron chi connectivity index (χ3n) is 3.94. The van der Waals surface area contributed by atoms with E-state index in [9.17, 15) is 9.90 Å². The fraction of sp³-hybridized carbons (Fsp3) is 0.158. The maximum absolute atomic E-state index is 12.1. The van der Waals surface area contributed by atoms with Gasteiger partial charge in [0.05, 0.1) is 11.3 Å². The molecule has 23 heavy (non-hydrogen) atoms. The zero-order valence-electron chi connectivity index (χ0n) is 12.4. The highest BCUT2D eigenvalue weighted by atomic mass is 35.5. The fourth-order valence-corrected chi connectivity index (χ4v) is 2.82. The van der Waals surface area contributed by atoms with Crippen LogP contribution in [0.2, 0.25) is 5.02 Å². The number of aliphatic hydroxyl groups is 1. The van der Waals surface area contributed by atoms with Gasteiger partial charge in [-0.1, -0.05) is 41.9 Å². The van der Waals surface area contributed by atoms with Crippen LogP contribution in [0.25, 0.3) is 0 Å². The smallest absolute Gasteiger partial charge is 0.167 e. The molecule has 0 unspecified atom stereocenters. The molecule has 0 saturated heterocycles. The van der Waals surface area contributed by atoms with Crippen LogP contribution in [0.4, 0.5) is 5.69 Å². The molecule has 4 heteroatoms. The lowest BCUT2D eigenvalue weighted by atomic mass is 9.83. The Bertz CT molecular complexity index is 764. The Morgan fingerprint density at radius 1 is 1.09 bits per heavy atom. The predicted octanol–water partition coefficient (Wildman–Crippen LogP) is 5.00. The van der Waals surface area contributed by atoms with Gasteiger partial charge < -0.3 is 5.11 Å². The van der Waals surface area contributed by atoms with Crippen molar-refractivity contribution >= 4 is 29.3 Å². The average molecular weight is 326 g/mol. The third kappa shape index (κ3) is 3.51. The summed E-state index contributed by atoms with van der Waals surface area (Å²) in [6, 6.07) is 16.7.